The van der Waals surface area contributed by atoms with Crippen molar-refractivity contribution in [3.63, 3.8) is 0 Å². The van der Waals surface area contributed by atoms with Gasteiger partial charge in [-0.15, -0.1) is 0 Å². The van der Waals surface area contributed by atoms with Gasteiger partial charge in [0.1, 0.15) is 0 Å². The van der Waals surface area contributed by atoms with Crippen LogP contribution in [0.15, 0.2) is 48.7 Å². The van der Waals surface area contributed by atoms with Gasteiger partial charge in [-0.25, -0.2) is 4.98 Å². The van der Waals surface area contributed by atoms with Gasteiger partial charge < -0.3 is 5.32 Å². The molecule has 0 aliphatic heterocycles. The van der Waals surface area contributed by atoms with Crippen LogP contribution in [0.3, 0.4) is 0 Å². The molecule has 0 radical (unpaired) electrons. The lowest BCUT2D eigenvalue weighted by molar-refractivity contribution is -0.117. The van der Waals surface area contributed by atoms with Crippen molar-refractivity contribution in [2.45, 2.75) is 12.8 Å². The smallest absolute Gasteiger partial charge is 0.232 e. The van der Waals surface area contributed by atoms with Crippen LogP contribution in [0.5, 0.6) is 0 Å². The van der Waals surface area contributed by atoms with Gasteiger partial charge in [0, 0.05) is 6.20 Å². The highest BCUT2D eigenvalue weighted by Crippen LogP contribution is 2.21. The van der Waals surface area contributed by atoms with E-state index in [0.29, 0.717) is 10.8 Å². The van der Waals surface area contributed by atoms with Crippen molar-refractivity contribution < 1.29 is 4.79 Å². The molecule has 1 aromatic heterocycles. The lowest BCUT2D eigenvalue weighted by Gasteiger charge is -2.12. The Labute approximate surface area is 111 Å². The minimum absolute atomic E-state index is 0.123. The van der Waals surface area contributed by atoms with Gasteiger partial charge in [-0.3, -0.25) is 4.79 Å². The summed E-state index contributed by atoms with van der Waals surface area (Å²) in [6.45, 7) is 1.85. The summed E-state index contributed by atoms with van der Waals surface area (Å²) in [5.41, 5.74) is 0.960. The summed E-state index contributed by atoms with van der Waals surface area (Å²) < 4.78 is 0. The average Bonchev–Trinajstić information content (AvgIpc) is 2.41. The second-order valence-electron chi connectivity index (χ2n) is 3.96. The van der Waals surface area contributed by atoms with E-state index in [0.717, 1.165) is 5.56 Å². The van der Waals surface area contributed by atoms with E-state index in [1.165, 1.54) is 0 Å². The molecule has 2 aromatic rings. The van der Waals surface area contributed by atoms with Gasteiger partial charge in [-0.1, -0.05) is 41.9 Å². The maximum absolute atomic E-state index is 12.1. The summed E-state index contributed by atoms with van der Waals surface area (Å²) in [5.74, 6) is 0.0259. The highest BCUT2D eigenvalue weighted by atomic mass is 35.5. The Balaban J connectivity index is 2.12. The number of carbonyl (C=O) groups is 1. The molecule has 0 bridgehead atoms. The molecule has 0 saturated heterocycles. The normalized spacial score (nSPS) is 11.9. The molecule has 1 heterocycles. The Kier molecular flexibility index (Phi) is 3.95. The monoisotopic (exact) mass is 260 g/mol. The number of hydrogen-bond donors (Lipinski definition) is 1. The third-order valence-corrected chi connectivity index (χ3v) is 3.00. The maximum Gasteiger partial charge on any atom is 0.232 e. The van der Waals surface area contributed by atoms with Crippen molar-refractivity contribution in [2.24, 2.45) is 0 Å². The number of anilines is 1. The molecule has 0 spiro atoms. The van der Waals surface area contributed by atoms with Gasteiger partial charge in [-0.05, 0) is 24.6 Å². The fraction of sp³-hybridized carbons (Fsp3) is 0.143. The Hall–Kier alpha value is -1.87. The van der Waals surface area contributed by atoms with Gasteiger partial charge in [0.25, 0.3) is 0 Å². The van der Waals surface area contributed by atoms with E-state index < -0.39 is 0 Å². The summed E-state index contributed by atoms with van der Waals surface area (Å²) in [7, 11) is 0. The molecule has 18 heavy (non-hydrogen) atoms. The van der Waals surface area contributed by atoms with Gasteiger partial charge in [0.15, 0.2) is 5.82 Å². The fourth-order valence-electron chi connectivity index (χ4n) is 1.60. The molecule has 1 amide bonds. The second kappa shape index (κ2) is 5.65. The van der Waals surface area contributed by atoms with Crippen molar-refractivity contribution in [1.82, 2.24) is 4.98 Å². The predicted octanol–water partition coefficient (Wildman–Crippen LogP) is 3.48. The summed E-state index contributed by atoms with van der Waals surface area (Å²) in [5, 5.41) is 3.16. The lowest BCUT2D eigenvalue weighted by atomic mass is 10.0. The number of nitrogens with zero attached hydrogens (tertiary/aromatic N) is 1. The van der Waals surface area contributed by atoms with Crippen molar-refractivity contribution in [3.05, 3.63) is 59.2 Å². The first-order valence-electron chi connectivity index (χ1n) is 5.65. The average molecular weight is 261 g/mol. The van der Waals surface area contributed by atoms with Crippen LogP contribution in [0, 0.1) is 0 Å². The molecule has 0 fully saturated rings. The highest BCUT2D eigenvalue weighted by molar-refractivity contribution is 6.33. The second-order valence-corrected chi connectivity index (χ2v) is 4.36. The van der Waals surface area contributed by atoms with Crippen LogP contribution in [-0.4, -0.2) is 10.9 Å². The Morgan fingerprint density at radius 3 is 2.61 bits per heavy atom. The van der Waals surface area contributed by atoms with E-state index in [1.54, 1.807) is 18.3 Å². The van der Waals surface area contributed by atoms with Crippen LogP contribution in [0.2, 0.25) is 5.02 Å². The van der Waals surface area contributed by atoms with Crippen LogP contribution >= 0.6 is 11.6 Å². The van der Waals surface area contributed by atoms with Crippen LogP contribution in [0.1, 0.15) is 18.4 Å². The predicted molar refractivity (Wildman–Crippen MR) is 72.7 cm³/mol. The van der Waals surface area contributed by atoms with Gasteiger partial charge >= 0.3 is 0 Å². The Morgan fingerprint density at radius 2 is 1.94 bits per heavy atom. The summed E-state index contributed by atoms with van der Waals surface area (Å²) in [6, 6.07) is 13.0. The van der Waals surface area contributed by atoms with Gasteiger partial charge in [-0.2, -0.15) is 0 Å². The third kappa shape index (κ3) is 2.87. The zero-order valence-electron chi connectivity index (χ0n) is 9.93. The molecule has 0 aliphatic carbocycles. The molecule has 1 aromatic carbocycles. The summed E-state index contributed by atoms with van der Waals surface area (Å²) in [6.07, 6.45) is 1.59. The number of nitrogens with one attached hydrogen (secondary N) is 1. The van der Waals surface area contributed by atoms with E-state index in [2.05, 4.69) is 10.3 Å². The molecule has 1 N–H and O–H groups in total. The maximum atomic E-state index is 12.1. The zero-order valence-corrected chi connectivity index (χ0v) is 10.7. The van der Waals surface area contributed by atoms with Crippen molar-refractivity contribution >= 4 is 23.3 Å². The molecule has 4 heteroatoms. The minimum Gasteiger partial charge on any atom is -0.309 e. The summed E-state index contributed by atoms with van der Waals surface area (Å²) in [4.78, 5) is 16.1. The molecule has 92 valence electrons. The minimum atomic E-state index is -0.246. The molecule has 0 aliphatic rings. The van der Waals surface area contributed by atoms with E-state index in [-0.39, 0.29) is 11.8 Å². The summed E-state index contributed by atoms with van der Waals surface area (Å²) >= 11 is 5.94. The number of hydrogen-bond acceptors (Lipinski definition) is 2. The number of pyridine rings is 1. The van der Waals surface area contributed by atoms with Gasteiger partial charge in [0.2, 0.25) is 5.91 Å². The van der Waals surface area contributed by atoms with E-state index >= 15 is 0 Å². The number of rotatable bonds is 3. The zero-order chi connectivity index (χ0) is 13.0. The molecule has 1 unspecified atom stereocenters. The SMILES string of the molecule is CC(C(=O)Nc1ncccc1Cl)c1ccccc1. The topological polar surface area (TPSA) is 42.0 Å². The first-order chi connectivity index (χ1) is 8.68. The molecular weight excluding hydrogens is 248 g/mol. The van der Waals surface area contributed by atoms with Crippen molar-refractivity contribution in [1.29, 1.82) is 0 Å². The van der Waals surface area contributed by atoms with E-state index in [1.807, 2.05) is 37.3 Å². The van der Waals surface area contributed by atoms with Crippen LogP contribution in [-0.2, 0) is 4.79 Å². The lowest BCUT2D eigenvalue weighted by Crippen LogP contribution is -2.19. The number of halogens is 1. The molecular formula is C14H13ClN2O. The first kappa shape index (κ1) is 12.6. The molecule has 2 rings (SSSR count). The molecule has 3 nitrogen and oxygen atoms in total. The van der Waals surface area contributed by atoms with Crippen LogP contribution in [0.25, 0.3) is 0 Å². The quantitative estimate of drug-likeness (QED) is 0.918. The Morgan fingerprint density at radius 1 is 1.22 bits per heavy atom. The first-order valence-corrected chi connectivity index (χ1v) is 6.02. The van der Waals surface area contributed by atoms with Crippen molar-refractivity contribution in [2.75, 3.05) is 5.32 Å². The fourth-order valence-corrected chi connectivity index (χ4v) is 1.76. The van der Waals surface area contributed by atoms with E-state index in [4.69, 9.17) is 11.6 Å². The van der Waals surface area contributed by atoms with Crippen molar-refractivity contribution in [3.8, 4) is 0 Å². The number of aromatic nitrogens is 1. The van der Waals surface area contributed by atoms with Gasteiger partial charge in [0.05, 0.1) is 10.9 Å². The largest absolute Gasteiger partial charge is 0.309 e. The van der Waals surface area contributed by atoms with Crippen LogP contribution < -0.4 is 5.32 Å². The number of benzene rings is 1. The Bertz CT molecular complexity index is 543. The number of carbonyl (C=O) groups excluding carboxylic acids is 1. The number of amides is 1. The van der Waals surface area contributed by atoms with E-state index in [9.17, 15) is 4.79 Å². The highest BCUT2D eigenvalue weighted by Gasteiger charge is 2.16. The standard InChI is InChI=1S/C14H13ClN2O/c1-10(11-6-3-2-4-7-11)14(18)17-13-12(15)8-5-9-16-13/h2-10H,1H3,(H,16,17,18). The molecule has 0 saturated carbocycles. The van der Waals surface area contributed by atoms with Crippen LogP contribution in [0.4, 0.5) is 5.82 Å². The third-order valence-electron chi connectivity index (χ3n) is 2.69. The molecule has 1 atom stereocenters.